The molecular weight excluding hydrogens is 1250 g/mol. The lowest BCUT2D eigenvalue weighted by molar-refractivity contribution is -0.347. The fourth-order valence-corrected chi connectivity index (χ4v) is 7.09. The Hall–Kier alpha value is -1.11. The first-order valence-corrected chi connectivity index (χ1v) is 19.5. The van der Waals surface area contributed by atoms with Crippen molar-refractivity contribution in [3.8, 4) is 0 Å². The molecule has 0 saturated heterocycles. The number of alkyl halides is 35. The number of halogens is 35. The van der Waals surface area contributed by atoms with Crippen LogP contribution in [0.3, 0.4) is 0 Å². The third-order valence-electron chi connectivity index (χ3n) is 8.86. The summed E-state index contributed by atoms with van der Waals surface area (Å²) in [6.07, 6.45) is -67.7. The predicted molar refractivity (Wildman–Crippen MR) is 181 cm³/mol. The van der Waals surface area contributed by atoms with Crippen molar-refractivity contribution in [2.45, 2.75) is 159 Å². The fraction of sp³-hybridized carbons (Fsp3) is 0.935. The minimum Gasteiger partial charge on any atom is -0.234 e. The molecule has 0 aromatic rings. The van der Waals surface area contributed by atoms with Crippen LogP contribution in [0.1, 0.15) is 65.7 Å². The third-order valence-corrected chi connectivity index (χ3v) is 10.4. The summed E-state index contributed by atoms with van der Waals surface area (Å²) >= 11 is 2.21. The highest BCUT2D eigenvalue weighted by atomic mass is 127. The van der Waals surface area contributed by atoms with Crippen molar-refractivity contribution < 1.29 is 145 Å². The highest BCUT2D eigenvalue weighted by molar-refractivity contribution is 14.1. The Balaban J connectivity index is -0.000000903. The van der Waals surface area contributed by atoms with Gasteiger partial charge in [0.15, 0.2) is 0 Å². The van der Waals surface area contributed by atoms with Crippen LogP contribution in [-0.4, -0.2) is 98.0 Å². The van der Waals surface area contributed by atoms with Crippen LogP contribution in [0.15, 0.2) is 12.7 Å². The Morgan fingerprint density at radius 1 is 0.348 bits per heavy atom. The normalized spacial score (nSPS) is 18.9. The van der Waals surface area contributed by atoms with Crippen molar-refractivity contribution in [1.82, 2.24) is 0 Å². The van der Waals surface area contributed by atoms with Gasteiger partial charge in [-0.05, 0) is 56.3 Å². The molecular formula is C31H31F33I2. The van der Waals surface area contributed by atoms with Crippen molar-refractivity contribution in [3.63, 3.8) is 0 Å². The molecule has 0 nitrogen and oxygen atoms in total. The molecule has 66 heavy (non-hydrogen) atoms. The zero-order chi connectivity index (χ0) is 54.6. The second-order valence-electron chi connectivity index (χ2n) is 14.6. The van der Waals surface area contributed by atoms with Crippen LogP contribution >= 0.6 is 45.2 Å². The van der Waals surface area contributed by atoms with E-state index in [9.17, 15) is 145 Å². The first-order valence-electron chi connectivity index (χ1n) is 16.7. The largest absolute Gasteiger partial charge is 0.431 e. The third kappa shape index (κ3) is 18.2. The molecule has 0 aliphatic heterocycles. The van der Waals surface area contributed by atoms with Crippen LogP contribution in [0.5, 0.6) is 0 Å². The Morgan fingerprint density at radius 3 is 0.833 bits per heavy atom. The van der Waals surface area contributed by atoms with E-state index in [1.807, 2.05) is 0 Å². The molecule has 0 fully saturated rings. The Morgan fingerprint density at radius 2 is 0.591 bits per heavy atom. The smallest absolute Gasteiger partial charge is 0.234 e. The molecule has 0 amide bonds. The van der Waals surface area contributed by atoms with Gasteiger partial charge in [-0.1, -0.05) is 51.3 Å². The standard InChI is InChI=1S/C11H12F11I.C11H11F11.C9H8F11I/c1-7(12,9(14,15)16)4-6(2-3-23)5-8(13,10(17,18)19)11(20,21)22;1-3-6(4-7(2,12)9(14,15)16)5-8(13,10(17,18)19)11(20,21)22;1-5(10,7(12,13)14)2-4(21)3-6(11,8(15,16)17)9(18,19)20/h6H,2-5H2,1H3;3,6H,1,4-5H2,2H3;4H,2-3H2,1H3. The van der Waals surface area contributed by atoms with Crippen LogP contribution in [-0.2, 0) is 0 Å². The second kappa shape index (κ2) is 22.1. The van der Waals surface area contributed by atoms with Gasteiger partial charge in [-0.2, -0.15) is 119 Å². The quantitative estimate of drug-likeness (QED) is 0.0663. The molecule has 0 spiro atoms. The van der Waals surface area contributed by atoms with Gasteiger partial charge in [-0.15, -0.1) is 6.58 Å². The first-order chi connectivity index (χ1) is 28.1. The van der Waals surface area contributed by atoms with E-state index in [2.05, 4.69) is 6.58 Å². The SMILES string of the molecule is C=CC(CC(C)(F)C(F)(F)F)CC(F)(C(F)(F)F)C(F)(F)F.CC(F)(CC(CCI)CC(F)(C(F)(F)F)C(F)(F)F)C(F)(F)F.CC(F)(CC(I)CC(F)(C(F)(F)F)C(F)(F)F)C(F)(F)F. The topological polar surface area (TPSA) is 0 Å². The fourth-order valence-electron chi connectivity index (χ4n) is 4.78. The Bertz CT molecular complexity index is 1420. The van der Waals surface area contributed by atoms with E-state index in [1.165, 1.54) is 22.6 Å². The van der Waals surface area contributed by atoms with E-state index in [-0.39, 0.29) is 31.3 Å². The van der Waals surface area contributed by atoms with Crippen molar-refractivity contribution in [2.24, 2.45) is 11.8 Å². The van der Waals surface area contributed by atoms with Gasteiger partial charge >= 0.3 is 55.6 Å². The van der Waals surface area contributed by atoms with E-state index < -0.39 is 150 Å². The van der Waals surface area contributed by atoms with E-state index in [0.29, 0.717) is 0 Å². The van der Waals surface area contributed by atoms with Crippen molar-refractivity contribution in [2.75, 3.05) is 4.43 Å². The van der Waals surface area contributed by atoms with E-state index in [0.717, 1.165) is 22.6 Å². The van der Waals surface area contributed by atoms with Crippen LogP contribution in [0.25, 0.3) is 0 Å². The average Bonchev–Trinajstić information content (AvgIpc) is 2.99. The van der Waals surface area contributed by atoms with E-state index in [4.69, 9.17) is 0 Å². The maximum absolute atomic E-state index is 13.6. The molecule has 0 aromatic carbocycles. The van der Waals surface area contributed by atoms with Gasteiger partial charge in [-0.25, -0.2) is 26.3 Å². The van der Waals surface area contributed by atoms with Crippen LogP contribution in [0, 0.1) is 11.8 Å². The molecule has 0 aliphatic rings. The molecule has 0 saturated carbocycles. The molecule has 0 heterocycles. The highest BCUT2D eigenvalue weighted by Gasteiger charge is 2.75. The molecule has 0 aliphatic carbocycles. The lowest BCUT2D eigenvalue weighted by Gasteiger charge is -2.35. The number of allylic oxidation sites excluding steroid dienone is 1. The summed E-state index contributed by atoms with van der Waals surface area (Å²) < 4.78 is 411. The lowest BCUT2D eigenvalue weighted by Crippen LogP contribution is -2.55. The molecule has 6 atom stereocenters. The molecule has 0 N–H and O–H groups in total. The number of hydrogen-bond acceptors (Lipinski definition) is 0. The van der Waals surface area contributed by atoms with Crippen molar-refractivity contribution >= 4 is 45.2 Å². The Kier molecular flexibility index (Phi) is 23.2. The molecule has 35 heteroatoms. The van der Waals surface area contributed by atoms with Crippen molar-refractivity contribution in [3.05, 3.63) is 12.7 Å². The van der Waals surface area contributed by atoms with Crippen LogP contribution in [0.2, 0.25) is 0 Å². The number of rotatable bonds is 15. The molecule has 0 radical (unpaired) electrons. The summed E-state index contributed by atoms with van der Waals surface area (Å²) in [6, 6.07) is 0. The summed E-state index contributed by atoms with van der Waals surface area (Å²) in [4.78, 5) is 0. The maximum atomic E-state index is 13.6. The lowest BCUT2D eigenvalue weighted by atomic mass is 9.82. The predicted octanol–water partition coefficient (Wildman–Crippen LogP) is 17.7. The summed E-state index contributed by atoms with van der Waals surface area (Å²) in [7, 11) is 0. The zero-order valence-electron chi connectivity index (χ0n) is 32.4. The summed E-state index contributed by atoms with van der Waals surface area (Å²) in [5.41, 5.74) is -29.3. The van der Waals surface area contributed by atoms with Crippen LogP contribution in [0.4, 0.5) is 145 Å². The van der Waals surface area contributed by atoms with Gasteiger partial charge in [0.2, 0.25) is 17.0 Å². The van der Waals surface area contributed by atoms with Crippen molar-refractivity contribution in [1.29, 1.82) is 0 Å². The average molecular weight is 1280 g/mol. The minimum atomic E-state index is -6.42. The van der Waals surface area contributed by atoms with Gasteiger partial charge in [0.1, 0.15) is 0 Å². The summed E-state index contributed by atoms with van der Waals surface area (Å²) in [5, 5.41) is 0. The van der Waals surface area contributed by atoms with Gasteiger partial charge in [0.25, 0.3) is 17.0 Å². The first kappa shape index (κ1) is 69.2. The van der Waals surface area contributed by atoms with Crippen LogP contribution < -0.4 is 0 Å². The van der Waals surface area contributed by atoms with Gasteiger partial charge in [0.05, 0.1) is 0 Å². The van der Waals surface area contributed by atoms with E-state index in [1.54, 1.807) is 0 Å². The van der Waals surface area contributed by atoms with Gasteiger partial charge in [0, 0.05) is 29.6 Å². The van der Waals surface area contributed by atoms with Gasteiger partial charge in [-0.3, -0.25) is 0 Å². The minimum absolute atomic E-state index is 0.00567. The molecule has 0 rings (SSSR count). The molecule has 0 aromatic heterocycles. The molecule has 0 bridgehead atoms. The molecule has 400 valence electrons. The number of hydrogen-bond donors (Lipinski definition) is 0. The maximum Gasteiger partial charge on any atom is 0.431 e. The Labute approximate surface area is 377 Å². The summed E-state index contributed by atoms with van der Waals surface area (Å²) in [6.45, 7) is 2.63. The summed E-state index contributed by atoms with van der Waals surface area (Å²) in [5.74, 6) is -4.44. The van der Waals surface area contributed by atoms with E-state index >= 15 is 0 Å². The highest BCUT2D eigenvalue weighted by Crippen LogP contribution is 2.55. The second-order valence-corrected chi connectivity index (χ2v) is 17.5. The monoisotopic (exact) mass is 1280 g/mol. The van der Waals surface area contributed by atoms with Gasteiger partial charge < -0.3 is 0 Å². The molecule has 6 unspecified atom stereocenters. The zero-order valence-corrected chi connectivity index (χ0v) is 36.7.